The van der Waals surface area contributed by atoms with Crippen molar-refractivity contribution in [1.82, 2.24) is 15.0 Å². The molecule has 0 spiro atoms. The summed E-state index contributed by atoms with van der Waals surface area (Å²) in [6, 6.07) is 24.6. The number of rotatable bonds is 5. The van der Waals surface area contributed by atoms with E-state index in [9.17, 15) is 0 Å². The highest BCUT2D eigenvalue weighted by molar-refractivity contribution is 5.97. The number of aromatic nitrogens is 2. The molecule has 158 valence electrons. The highest BCUT2D eigenvalue weighted by atomic mass is 16.5. The molecule has 0 unspecified atom stereocenters. The summed E-state index contributed by atoms with van der Waals surface area (Å²) >= 11 is 0. The Bertz CT molecular complexity index is 1360. The summed E-state index contributed by atoms with van der Waals surface area (Å²) in [5.41, 5.74) is 4.22. The highest BCUT2D eigenvalue weighted by Gasteiger charge is 2.23. The SMILES string of the molecule is CC1CN(Cc2ccc(-c3noc(-c4ccc(-c5ccco5)cc4)n3)c3ccccc23)C1. The Balaban J connectivity index is 1.32. The molecule has 0 radical (unpaired) electrons. The highest BCUT2D eigenvalue weighted by Crippen LogP contribution is 2.32. The minimum atomic E-state index is 0.508. The normalized spacial score (nSPS) is 14.7. The Morgan fingerprint density at radius 1 is 0.875 bits per heavy atom. The molecule has 3 aromatic carbocycles. The van der Waals surface area contributed by atoms with Gasteiger partial charge in [-0.2, -0.15) is 4.98 Å². The van der Waals surface area contributed by atoms with Crippen molar-refractivity contribution in [1.29, 1.82) is 0 Å². The molecule has 0 amide bonds. The van der Waals surface area contributed by atoms with Crippen LogP contribution < -0.4 is 0 Å². The number of hydrogen-bond donors (Lipinski definition) is 0. The molecule has 3 heterocycles. The number of hydrogen-bond acceptors (Lipinski definition) is 5. The van der Waals surface area contributed by atoms with E-state index in [1.807, 2.05) is 36.4 Å². The maximum absolute atomic E-state index is 5.62. The lowest BCUT2D eigenvalue weighted by Gasteiger charge is -2.37. The zero-order chi connectivity index (χ0) is 21.5. The summed E-state index contributed by atoms with van der Waals surface area (Å²) < 4.78 is 11.1. The van der Waals surface area contributed by atoms with E-state index >= 15 is 0 Å². The minimum Gasteiger partial charge on any atom is -0.464 e. The van der Waals surface area contributed by atoms with Gasteiger partial charge in [0.25, 0.3) is 5.89 Å². The number of benzene rings is 3. The van der Waals surface area contributed by atoms with Crippen molar-refractivity contribution in [3.63, 3.8) is 0 Å². The van der Waals surface area contributed by atoms with E-state index in [-0.39, 0.29) is 0 Å². The third-order valence-corrected chi connectivity index (χ3v) is 6.15. The Hall–Kier alpha value is -3.70. The van der Waals surface area contributed by atoms with Gasteiger partial charge in [0.1, 0.15) is 5.76 Å². The quantitative estimate of drug-likeness (QED) is 0.335. The van der Waals surface area contributed by atoms with Crippen molar-refractivity contribution in [3.05, 3.63) is 84.6 Å². The molecule has 1 fully saturated rings. The zero-order valence-electron chi connectivity index (χ0n) is 17.9. The molecule has 2 aromatic heterocycles. The van der Waals surface area contributed by atoms with Crippen LogP contribution in [0.25, 0.3) is 44.9 Å². The van der Waals surface area contributed by atoms with Crippen molar-refractivity contribution in [2.75, 3.05) is 13.1 Å². The van der Waals surface area contributed by atoms with Crippen LogP contribution in [0.5, 0.6) is 0 Å². The molecule has 0 aliphatic carbocycles. The third-order valence-electron chi connectivity index (χ3n) is 6.15. The summed E-state index contributed by atoms with van der Waals surface area (Å²) in [6.07, 6.45) is 1.67. The monoisotopic (exact) mass is 421 g/mol. The van der Waals surface area contributed by atoms with Crippen LogP contribution in [0.2, 0.25) is 0 Å². The van der Waals surface area contributed by atoms with Crippen molar-refractivity contribution in [2.45, 2.75) is 13.5 Å². The molecule has 5 nitrogen and oxygen atoms in total. The smallest absolute Gasteiger partial charge is 0.258 e. The predicted octanol–water partition coefficient (Wildman–Crippen LogP) is 6.27. The average Bonchev–Trinajstić information content (AvgIpc) is 3.51. The molecule has 1 saturated heterocycles. The van der Waals surface area contributed by atoms with Crippen molar-refractivity contribution >= 4 is 10.8 Å². The molecule has 5 heteroatoms. The maximum Gasteiger partial charge on any atom is 0.258 e. The average molecular weight is 422 g/mol. The van der Waals surface area contributed by atoms with Crippen LogP contribution in [0.15, 0.2) is 88.0 Å². The van der Waals surface area contributed by atoms with Crippen molar-refractivity contribution in [2.24, 2.45) is 5.92 Å². The Morgan fingerprint density at radius 3 is 2.41 bits per heavy atom. The molecule has 1 aliphatic rings. The first-order chi connectivity index (χ1) is 15.7. The lowest BCUT2D eigenvalue weighted by molar-refractivity contribution is 0.105. The summed E-state index contributed by atoms with van der Waals surface area (Å²) in [6.45, 7) is 5.62. The van der Waals surface area contributed by atoms with Crippen molar-refractivity contribution < 1.29 is 8.94 Å². The van der Waals surface area contributed by atoms with Gasteiger partial charge < -0.3 is 8.94 Å². The summed E-state index contributed by atoms with van der Waals surface area (Å²) in [7, 11) is 0. The van der Waals surface area contributed by atoms with Crippen LogP contribution in [0.4, 0.5) is 0 Å². The van der Waals surface area contributed by atoms with E-state index in [1.54, 1.807) is 6.26 Å². The van der Waals surface area contributed by atoms with Gasteiger partial charge in [-0.3, -0.25) is 4.90 Å². The number of nitrogens with zero attached hydrogens (tertiary/aromatic N) is 3. The first-order valence-electron chi connectivity index (χ1n) is 11.0. The second-order valence-corrected chi connectivity index (χ2v) is 8.59. The van der Waals surface area contributed by atoms with Gasteiger partial charge in [-0.15, -0.1) is 0 Å². The van der Waals surface area contributed by atoms with E-state index in [2.05, 4.69) is 53.4 Å². The van der Waals surface area contributed by atoms with Crippen LogP contribution in [-0.4, -0.2) is 28.1 Å². The number of fused-ring (bicyclic) bond motifs is 1. The zero-order valence-corrected chi connectivity index (χ0v) is 17.9. The van der Waals surface area contributed by atoms with E-state index < -0.39 is 0 Å². The molecule has 32 heavy (non-hydrogen) atoms. The standard InChI is InChI=1S/C27H23N3O2/c1-18-15-30(16-18)17-21-12-13-24(23-6-3-2-5-22(21)23)26-28-27(32-29-26)20-10-8-19(9-11-20)25-7-4-14-31-25/h2-14,18H,15-17H2,1H3. The first kappa shape index (κ1) is 19.0. The lowest BCUT2D eigenvalue weighted by atomic mass is 9.96. The minimum absolute atomic E-state index is 0.508. The van der Waals surface area contributed by atoms with Gasteiger partial charge in [-0.25, -0.2) is 0 Å². The summed E-state index contributed by atoms with van der Waals surface area (Å²) in [5.74, 6) is 2.75. The molecule has 5 aromatic rings. The van der Waals surface area contributed by atoms with Crippen LogP contribution in [-0.2, 0) is 6.54 Å². The van der Waals surface area contributed by atoms with Gasteiger partial charge in [0, 0.05) is 36.3 Å². The lowest BCUT2D eigenvalue weighted by Crippen LogP contribution is -2.44. The summed E-state index contributed by atoms with van der Waals surface area (Å²) in [5, 5.41) is 6.70. The molecule has 0 atom stereocenters. The van der Waals surface area contributed by atoms with E-state index in [4.69, 9.17) is 13.9 Å². The molecular weight excluding hydrogens is 398 g/mol. The van der Waals surface area contributed by atoms with Gasteiger partial charge in [0.15, 0.2) is 0 Å². The van der Waals surface area contributed by atoms with Crippen LogP contribution in [0.1, 0.15) is 12.5 Å². The second-order valence-electron chi connectivity index (χ2n) is 8.59. The van der Waals surface area contributed by atoms with E-state index in [1.165, 1.54) is 24.0 Å². The maximum atomic E-state index is 5.62. The Kier molecular flexibility index (Phi) is 4.62. The first-order valence-corrected chi connectivity index (χ1v) is 11.0. The molecular formula is C27H23N3O2. The predicted molar refractivity (Wildman–Crippen MR) is 125 cm³/mol. The molecule has 1 aliphatic heterocycles. The van der Waals surface area contributed by atoms with Crippen molar-refractivity contribution in [3.8, 4) is 34.2 Å². The molecule has 0 saturated carbocycles. The fourth-order valence-corrected chi connectivity index (χ4v) is 4.56. The van der Waals surface area contributed by atoms with E-state index in [0.29, 0.717) is 11.7 Å². The fraction of sp³-hybridized carbons (Fsp3) is 0.185. The van der Waals surface area contributed by atoms with Crippen LogP contribution in [0.3, 0.4) is 0 Å². The molecule has 0 bridgehead atoms. The Labute approximate surface area is 186 Å². The molecule has 6 rings (SSSR count). The van der Waals surface area contributed by atoms with Crippen LogP contribution in [0, 0.1) is 5.92 Å². The second kappa shape index (κ2) is 7.77. The van der Waals surface area contributed by atoms with Gasteiger partial charge >= 0.3 is 0 Å². The van der Waals surface area contributed by atoms with Gasteiger partial charge in [0.2, 0.25) is 5.82 Å². The van der Waals surface area contributed by atoms with Gasteiger partial charge in [-0.1, -0.05) is 60.6 Å². The number of furan rings is 1. The largest absolute Gasteiger partial charge is 0.464 e. The van der Waals surface area contributed by atoms with E-state index in [0.717, 1.165) is 40.3 Å². The topological polar surface area (TPSA) is 55.3 Å². The fourth-order valence-electron chi connectivity index (χ4n) is 4.56. The molecule has 0 N–H and O–H groups in total. The third kappa shape index (κ3) is 3.41. The van der Waals surface area contributed by atoms with Gasteiger partial charge in [-0.05, 0) is 46.5 Å². The number of likely N-dealkylation sites (tertiary alicyclic amines) is 1. The Morgan fingerprint density at radius 2 is 1.66 bits per heavy atom. The van der Waals surface area contributed by atoms with Crippen LogP contribution >= 0.6 is 0 Å². The summed E-state index contributed by atoms with van der Waals surface area (Å²) in [4.78, 5) is 7.20. The van der Waals surface area contributed by atoms with Gasteiger partial charge in [0.05, 0.1) is 6.26 Å².